The van der Waals surface area contributed by atoms with Crippen molar-refractivity contribution in [1.82, 2.24) is 14.8 Å². The third-order valence-electron chi connectivity index (χ3n) is 6.88. The van der Waals surface area contributed by atoms with Gasteiger partial charge in [0.1, 0.15) is 29.6 Å². The Morgan fingerprint density at radius 3 is 2.49 bits per heavy atom. The lowest BCUT2D eigenvalue weighted by atomic mass is 10.0. The lowest BCUT2D eigenvalue weighted by Gasteiger charge is -2.35. The Labute approximate surface area is 236 Å². The molecule has 1 fully saturated rings. The molecule has 2 aromatic carbocycles. The van der Waals surface area contributed by atoms with Crippen LogP contribution in [0.4, 0.5) is 11.4 Å². The predicted molar refractivity (Wildman–Crippen MR) is 151 cm³/mol. The Hall–Kier alpha value is -3.52. The molecule has 39 heavy (non-hydrogen) atoms. The number of methoxy groups -OCH3 is 2. The average molecular weight is 568 g/mol. The van der Waals surface area contributed by atoms with Gasteiger partial charge in [0.15, 0.2) is 0 Å². The number of hydrogen-bond donors (Lipinski definition) is 2. The molecule has 4 aromatic rings. The van der Waals surface area contributed by atoms with E-state index in [0.29, 0.717) is 66.3 Å². The zero-order chi connectivity index (χ0) is 27.7. The predicted octanol–water partition coefficient (Wildman–Crippen LogP) is 5.67. The molecular weight excluding hydrogens is 541 g/mol. The van der Waals surface area contributed by atoms with Crippen molar-refractivity contribution in [1.29, 1.82) is 5.26 Å². The molecule has 0 bridgehead atoms. The second-order valence-corrected chi connectivity index (χ2v) is 10.1. The number of rotatable bonds is 7. The Morgan fingerprint density at radius 2 is 1.79 bits per heavy atom. The van der Waals surface area contributed by atoms with Crippen LogP contribution in [0.2, 0.25) is 10.0 Å². The molecule has 0 radical (unpaired) electrons. The van der Waals surface area contributed by atoms with E-state index in [1.807, 2.05) is 17.0 Å². The standard InChI is InChI=1S/C28H27Cl2N5O4/c1-34-4-6-35(7-5-34)28(36)16-8-25(39-15-16)19-9-22-18(10-24(19)37-2)27(17(13-31)14-32-22)33-23-12-26(38-3)21(30)11-20(23)29/h8-12,14-15,28,36H,4-7H2,1-3H3,(H,32,33). The summed E-state index contributed by atoms with van der Waals surface area (Å²) in [5, 5.41) is 25.4. The first kappa shape index (κ1) is 27.1. The van der Waals surface area contributed by atoms with Crippen molar-refractivity contribution in [3.8, 4) is 28.9 Å². The van der Waals surface area contributed by atoms with Gasteiger partial charge in [-0.15, -0.1) is 0 Å². The molecule has 0 saturated carbocycles. The SMILES string of the molecule is COc1cc(Nc2c(C#N)cnc3cc(-c4cc(C(O)N5CCN(C)CC5)co4)c(OC)cc23)c(Cl)cc1Cl. The minimum absolute atomic E-state index is 0.317. The van der Waals surface area contributed by atoms with E-state index in [2.05, 4.69) is 28.3 Å². The van der Waals surface area contributed by atoms with E-state index < -0.39 is 6.23 Å². The van der Waals surface area contributed by atoms with Crippen molar-refractivity contribution in [2.45, 2.75) is 6.23 Å². The maximum atomic E-state index is 10.9. The Morgan fingerprint density at radius 1 is 1.05 bits per heavy atom. The van der Waals surface area contributed by atoms with Gasteiger partial charge in [0.2, 0.25) is 0 Å². The smallest absolute Gasteiger partial charge is 0.139 e. The molecule has 11 heteroatoms. The van der Waals surface area contributed by atoms with Crippen molar-refractivity contribution < 1.29 is 19.0 Å². The van der Waals surface area contributed by atoms with E-state index in [9.17, 15) is 10.4 Å². The van der Waals surface area contributed by atoms with Crippen molar-refractivity contribution in [2.24, 2.45) is 0 Å². The largest absolute Gasteiger partial charge is 0.496 e. The summed E-state index contributed by atoms with van der Waals surface area (Å²) < 4.78 is 16.9. The first-order valence-corrected chi connectivity index (χ1v) is 13.0. The van der Waals surface area contributed by atoms with Crippen LogP contribution in [0.1, 0.15) is 17.4 Å². The minimum Gasteiger partial charge on any atom is -0.496 e. The number of benzene rings is 2. The minimum atomic E-state index is -0.768. The quantitative estimate of drug-likeness (QED) is 0.292. The lowest BCUT2D eigenvalue weighted by Crippen LogP contribution is -2.45. The Kier molecular flexibility index (Phi) is 7.84. The summed E-state index contributed by atoms with van der Waals surface area (Å²) in [6, 6.07) is 10.9. The van der Waals surface area contributed by atoms with Gasteiger partial charge in [-0.3, -0.25) is 9.88 Å². The molecule has 2 N–H and O–H groups in total. The summed E-state index contributed by atoms with van der Waals surface area (Å²) in [7, 11) is 5.14. The Bertz CT molecular complexity index is 1560. The summed E-state index contributed by atoms with van der Waals surface area (Å²) in [6.07, 6.45) is 2.29. The molecule has 0 amide bonds. The number of pyridine rings is 1. The fourth-order valence-electron chi connectivity index (χ4n) is 4.62. The van der Waals surface area contributed by atoms with Crippen molar-refractivity contribution >= 4 is 45.5 Å². The molecule has 1 unspecified atom stereocenters. The van der Waals surface area contributed by atoms with Crippen LogP contribution in [-0.2, 0) is 0 Å². The molecule has 0 aliphatic carbocycles. The number of anilines is 2. The van der Waals surface area contributed by atoms with Gasteiger partial charge < -0.3 is 29.2 Å². The summed E-state index contributed by atoms with van der Waals surface area (Å²) in [6.45, 7) is 3.31. The number of halogens is 2. The van der Waals surface area contributed by atoms with Crippen LogP contribution in [0.15, 0.2) is 47.2 Å². The number of nitrogens with one attached hydrogen (secondary N) is 1. The van der Waals surface area contributed by atoms with Gasteiger partial charge in [0, 0.05) is 49.4 Å². The second-order valence-electron chi connectivity index (χ2n) is 9.28. The van der Waals surface area contributed by atoms with Gasteiger partial charge in [0.05, 0.1) is 58.5 Å². The van der Waals surface area contributed by atoms with Gasteiger partial charge in [-0.2, -0.15) is 5.26 Å². The number of piperazine rings is 1. The fourth-order valence-corrected chi connectivity index (χ4v) is 5.13. The van der Waals surface area contributed by atoms with Gasteiger partial charge in [0.25, 0.3) is 0 Å². The molecule has 1 saturated heterocycles. The number of aliphatic hydroxyl groups excluding tert-OH is 1. The van der Waals surface area contributed by atoms with Gasteiger partial charge in [-0.25, -0.2) is 0 Å². The maximum absolute atomic E-state index is 10.9. The van der Waals surface area contributed by atoms with Gasteiger partial charge in [-0.1, -0.05) is 23.2 Å². The van der Waals surface area contributed by atoms with Crippen molar-refractivity contribution in [3.05, 3.63) is 64.0 Å². The molecule has 2 aromatic heterocycles. The fraction of sp³-hybridized carbons (Fsp3) is 0.286. The molecule has 5 rings (SSSR count). The first-order valence-electron chi connectivity index (χ1n) is 12.2. The molecule has 202 valence electrons. The number of fused-ring (bicyclic) bond motifs is 1. The molecule has 1 aliphatic heterocycles. The summed E-state index contributed by atoms with van der Waals surface area (Å²) in [5.41, 5.74) is 3.26. The van der Waals surface area contributed by atoms with E-state index in [0.717, 1.165) is 26.2 Å². The topological polar surface area (TPSA) is 107 Å². The van der Waals surface area contributed by atoms with E-state index in [1.54, 1.807) is 31.6 Å². The Balaban J connectivity index is 1.54. The number of hydrogen-bond acceptors (Lipinski definition) is 9. The number of ether oxygens (including phenoxy) is 2. The number of aliphatic hydroxyl groups is 1. The molecule has 1 atom stereocenters. The normalized spacial score (nSPS) is 15.2. The van der Waals surface area contributed by atoms with E-state index in [1.165, 1.54) is 13.3 Å². The number of aromatic nitrogens is 1. The molecule has 0 spiro atoms. The van der Waals surface area contributed by atoms with Crippen LogP contribution in [0, 0.1) is 11.3 Å². The highest BCUT2D eigenvalue weighted by atomic mass is 35.5. The summed E-state index contributed by atoms with van der Waals surface area (Å²) in [5.74, 6) is 1.48. The van der Waals surface area contributed by atoms with Crippen molar-refractivity contribution in [2.75, 3.05) is 52.8 Å². The van der Waals surface area contributed by atoms with Crippen LogP contribution < -0.4 is 14.8 Å². The lowest BCUT2D eigenvalue weighted by molar-refractivity contribution is -0.0235. The van der Waals surface area contributed by atoms with Gasteiger partial charge >= 0.3 is 0 Å². The van der Waals surface area contributed by atoms with Gasteiger partial charge in [-0.05, 0) is 31.3 Å². The van der Waals surface area contributed by atoms with Crippen LogP contribution in [0.3, 0.4) is 0 Å². The van der Waals surface area contributed by atoms with Crippen molar-refractivity contribution in [3.63, 3.8) is 0 Å². The number of nitriles is 1. The van der Waals surface area contributed by atoms with E-state index in [-0.39, 0.29) is 0 Å². The number of likely N-dealkylation sites (N-methyl/N-ethyl adjacent to an activating group) is 1. The highest BCUT2D eigenvalue weighted by molar-refractivity contribution is 6.37. The zero-order valence-corrected chi connectivity index (χ0v) is 23.2. The molecular formula is C28H27Cl2N5O4. The highest BCUT2D eigenvalue weighted by Gasteiger charge is 2.25. The maximum Gasteiger partial charge on any atom is 0.139 e. The van der Waals surface area contributed by atoms with Crippen LogP contribution in [-0.4, -0.2) is 67.3 Å². The summed E-state index contributed by atoms with van der Waals surface area (Å²) in [4.78, 5) is 8.76. The van der Waals surface area contributed by atoms with Crippen LogP contribution in [0.25, 0.3) is 22.2 Å². The molecule has 1 aliphatic rings. The number of nitrogens with zero attached hydrogens (tertiary/aromatic N) is 4. The van der Waals surface area contributed by atoms with E-state index >= 15 is 0 Å². The molecule has 9 nitrogen and oxygen atoms in total. The first-order chi connectivity index (χ1) is 18.8. The summed E-state index contributed by atoms with van der Waals surface area (Å²) >= 11 is 12.6. The number of furan rings is 1. The average Bonchev–Trinajstić information content (AvgIpc) is 3.44. The third kappa shape index (κ3) is 5.35. The van der Waals surface area contributed by atoms with Crippen LogP contribution in [0.5, 0.6) is 11.5 Å². The third-order valence-corrected chi connectivity index (χ3v) is 7.49. The molecule has 3 heterocycles. The van der Waals surface area contributed by atoms with E-state index in [4.69, 9.17) is 37.1 Å². The second kappa shape index (κ2) is 11.3. The zero-order valence-electron chi connectivity index (χ0n) is 21.7. The monoisotopic (exact) mass is 567 g/mol. The van der Waals surface area contributed by atoms with Crippen LogP contribution >= 0.6 is 23.2 Å². The highest BCUT2D eigenvalue weighted by Crippen LogP contribution is 2.41.